The quantitative estimate of drug-likeness (QED) is 0.0896. The van der Waals surface area contributed by atoms with Crippen molar-refractivity contribution in [3.8, 4) is 0 Å². The van der Waals surface area contributed by atoms with E-state index in [4.69, 9.17) is 4.98 Å². The van der Waals surface area contributed by atoms with E-state index in [1.165, 1.54) is 11.5 Å². The summed E-state index contributed by atoms with van der Waals surface area (Å²) in [6, 6.07) is 7.46. The maximum atomic E-state index is 5.98. The van der Waals surface area contributed by atoms with Crippen molar-refractivity contribution in [2.24, 2.45) is 0 Å². The van der Waals surface area contributed by atoms with Gasteiger partial charge < -0.3 is 0 Å². The fourth-order valence-corrected chi connectivity index (χ4v) is 1320. The van der Waals surface area contributed by atoms with Crippen LogP contribution in [0.2, 0.25) is 0 Å². The molecule has 0 N–H and O–H groups in total. The molecule has 51 heavy (non-hydrogen) atoms. The van der Waals surface area contributed by atoms with Gasteiger partial charge in [-0.05, 0) is 0 Å². The van der Waals surface area contributed by atoms with Gasteiger partial charge in [-0.25, -0.2) is 0 Å². The fourth-order valence-electron chi connectivity index (χ4n) is 4.67. The predicted molar refractivity (Wildman–Crippen MR) is 450 cm³/mol. The molecule has 0 amide bonds. The molecule has 0 spiro atoms. The second-order valence-corrected chi connectivity index (χ2v) is 438. The molecule has 0 radical (unpaired) electrons. The number of imidazole rings is 1. The van der Waals surface area contributed by atoms with Gasteiger partial charge in [0.15, 0.2) is 0 Å². The molecular formula is C15H15I32N4-5. The summed E-state index contributed by atoms with van der Waals surface area (Å²) in [6.45, 7) is 8.56. The Morgan fingerprint density at radius 3 is 1.69 bits per heavy atom. The Labute approximate surface area is 560 Å². The van der Waals surface area contributed by atoms with Gasteiger partial charge in [-0.2, -0.15) is 0 Å². The number of piperazine rings is 1. The van der Waals surface area contributed by atoms with Crippen molar-refractivity contribution in [3.63, 3.8) is 0 Å². The predicted octanol–water partition coefficient (Wildman–Crippen LogP) is 10.3. The van der Waals surface area contributed by atoms with Crippen LogP contribution >= 0.6 is 415 Å². The molecule has 3 heterocycles. The summed E-state index contributed by atoms with van der Waals surface area (Å²) in [5.41, 5.74) is 1.20. The third-order valence-corrected chi connectivity index (χ3v) is 987. The molecule has 3 unspecified atom stereocenters. The Kier molecular flexibility index (Phi) is 43.1. The number of pyridine rings is 1. The molecule has 1 fully saturated rings. The summed E-state index contributed by atoms with van der Waals surface area (Å²) in [7, 11) is -5.35. The zero-order chi connectivity index (χ0) is 39.0. The van der Waals surface area contributed by atoms with Crippen LogP contribution in [0.25, 0.3) is 5.65 Å². The number of hydrogen-bond donors (Lipinski definition) is 0. The number of nitrogens with zero attached hydrogens (tertiary/aromatic N) is 4. The van der Waals surface area contributed by atoms with Crippen LogP contribution in [-0.4, -0.2) is 28.5 Å². The van der Waals surface area contributed by atoms with E-state index in [9.17, 15) is 0 Å². The number of hydrogen-bond acceptors (Lipinski definition) is 3. The van der Waals surface area contributed by atoms with E-state index in [0.29, 0.717) is 40.8 Å². The van der Waals surface area contributed by atoms with Gasteiger partial charge in [0.25, 0.3) is 0 Å². The molecule has 3 rings (SSSR count). The minimum absolute atomic E-state index is 0.0782. The zero-order valence-corrected chi connectivity index (χ0v) is 92.4. The summed E-state index contributed by atoms with van der Waals surface area (Å²) in [6.07, 6.45) is 4.96. The molecule has 0 aromatic carbocycles. The Balaban J connectivity index is 2.97. The Hall–Kier alpha value is 21.8. The first-order valence-electron chi connectivity index (χ1n) is 11.2. The first-order chi connectivity index (χ1) is 23.8. The van der Waals surface area contributed by atoms with Crippen molar-refractivity contribution < 1.29 is 74.2 Å². The number of aromatic nitrogens is 2. The van der Waals surface area contributed by atoms with Crippen LogP contribution in [0, 0.1) is 0 Å². The third-order valence-electron chi connectivity index (χ3n) is 6.13. The normalized spacial score (nSPS) is 27.3. The van der Waals surface area contributed by atoms with E-state index >= 15 is 0 Å². The molecule has 0 bridgehead atoms. The standard InChI is InChI=1S/C15H15I32N4/c1-9(2)50-12(3,40(24)44(29)36-19)14(41(25)46(31)43(27)28,42(26)47(32)45(30)37-20)51(11-8-49-7-5-4-6-10(49)48-11)15(38(21)22,39(23)35-18)13(50,33-16)34-17/h4-9H,1-3H3/q-5. The van der Waals surface area contributed by atoms with Crippen molar-refractivity contribution in [1.82, 2.24) is 14.3 Å². The molecule has 1 aliphatic heterocycles. The van der Waals surface area contributed by atoms with Crippen molar-refractivity contribution in [2.75, 3.05) is 4.90 Å². The average molecular weight is 4310 g/mol. The van der Waals surface area contributed by atoms with E-state index in [2.05, 4.69) is 382 Å². The molecule has 3 atom stereocenters. The van der Waals surface area contributed by atoms with Gasteiger partial charge in [-0.1, -0.05) is 0 Å². The second kappa shape index (κ2) is 32.8. The molecule has 0 saturated carbocycles. The van der Waals surface area contributed by atoms with Gasteiger partial charge in [-0.15, -0.1) is 0 Å². The van der Waals surface area contributed by atoms with Crippen molar-refractivity contribution in [2.45, 2.75) is 35.0 Å². The SMILES string of the molecule is CC(C)N1C([I-]I)([I-]I)C(I(I)I)(I(I)[I-]I)N(c2cn3ccccc3n2)C(I(I)I(I)I(I)I)(I(I)I(I)I(I)[I-]I)C1(C)I(I)I(I)[I-]I. The Bertz CT molecular complexity index is 1380. The molecular weight excluding hydrogens is 4300 g/mol. The second-order valence-electron chi connectivity index (χ2n) is 8.54. The fraction of sp³-hybridized carbons (Fsp3) is 0.533. The van der Waals surface area contributed by atoms with Crippen molar-refractivity contribution in [3.05, 3.63) is 30.6 Å². The van der Waals surface area contributed by atoms with E-state index in [0.717, 1.165) is 0 Å². The van der Waals surface area contributed by atoms with Crippen molar-refractivity contribution in [1.29, 1.82) is 0 Å². The van der Waals surface area contributed by atoms with Crippen LogP contribution in [0.15, 0.2) is 30.6 Å². The van der Waals surface area contributed by atoms with Crippen LogP contribution < -0.4 is 79.1 Å². The van der Waals surface area contributed by atoms with E-state index < -0.39 is 98.8 Å². The van der Waals surface area contributed by atoms with Crippen LogP contribution in [-0.2, 0) is 0 Å². The molecule has 1 saturated heterocycles. The van der Waals surface area contributed by atoms with Gasteiger partial charge in [0.2, 0.25) is 0 Å². The Morgan fingerprint density at radius 1 is 0.706 bits per heavy atom. The summed E-state index contributed by atoms with van der Waals surface area (Å²) in [4.78, 5) is 13.3. The Morgan fingerprint density at radius 2 is 1.25 bits per heavy atom. The number of fused-ring (bicyclic) bond motifs is 1. The zero-order valence-electron chi connectivity index (χ0n) is 23.3. The van der Waals surface area contributed by atoms with Gasteiger partial charge in [0.1, 0.15) is 0 Å². The van der Waals surface area contributed by atoms with Gasteiger partial charge in [0.05, 0.1) is 0 Å². The van der Waals surface area contributed by atoms with Gasteiger partial charge >= 0.3 is 586 Å². The summed E-state index contributed by atoms with van der Waals surface area (Å²) in [5, 5.41) is 0. The summed E-state index contributed by atoms with van der Waals surface area (Å²) < 4.78 is 4.07. The van der Waals surface area contributed by atoms with E-state index in [-0.39, 0.29) is 47.7 Å². The third kappa shape index (κ3) is 15.0. The number of rotatable bonds is 17. The van der Waals surface area contributed by atoms with Crippen LogP contribution in [0.5, 0.6) is 0 Å². The molecule has 2 aromatic heterocycles. The number of alkyl halides is 7. The first kappa shape index (κ1) is 67.1. The minimum atomic E-state index is -1.59. The van der Waals surface area contributed by atoms with Gasteiger partial charge in [-0.3, -0.25) is 0 Å². The average Bonchev–Trinajstić information content (AvgIpc) is 3.54. The monoisotopic (exact) mass is 4310 g/mol. The van der Waals surface area contributed by atoms with E-state index in [1.54, 1.807) is 0 Å². The van der Waals surface area contributed by atoms with Gasteiger partial charge in [0, 0.05) is 0 Å². The molecule has 36 heteroatoms. The number of anilines is 1. The van der Waals surface area contributed by atoms with Crippen LogP contribution in [0.4, 0.5) is 5.82 Å². The van der Waals surface area contributed by atoms with Crippen molar-refractivity contribution >= 4 is 427 Å². The first-order valence-corrected chi connectivity index (χ1v) is 176. The molecule has 1 aliphatic rings. The molecule has 0 aliphatic carbocycles. The maximum absolute atomic E-state index is 5.98. The summed E-state index contributed by atoms with van der Waals surface area (Å²) >= 11 is 47.4. The molecule has 2 aromatic rings. The summed E-state index contributed by atoms with van der Waals surface area (Å²) in [5.74, 6) is 1.49. The van der Waals surface area contributed by atoms with E-state index in [1.807, 2.05) is 0 Å². The molecule has 4 nitrogen and oxygen atoms in total. The number of halogens is 32. The topological polar surface area (TPSA) is 23.8 Å². The van der Waals surface area contributed by atoms with Crippen LogP contribution in [0.3, 0.4) is 0 Å². The molecule has 324 valence electrons. The van der Waals surface area contributed by atoms with Crippen LogP contribution in [0.1, 0.15) is 20.8 Å².